The van der Waals surface area contributed by atoms with Crippen LogP contribution in [0.3, 0.4) is 0 Å². The Morgan fingerprint density at radius 2 is 1.89 bits per heavy atom. The van der Waals surface area contributed by atoms with Gasteiger partial charge in [-0.1, -0.05) is 18.2 Å². The average Bonchev–Trinajstić information content (AvgIpc) is 2.82. The zero-order valence-corrected chi connectivity index (χ0v) is 15.4. The fraction of sp³-hybridized carbons (Fsp3) is 0.278. The first-order chi connectivity index (χ1) is 12.8. The predicted molar refractivity (Wildman–Crippen MR) is 91.5 cm³/mol. The Kier molecular flexibility index (Phi) is 5.16. The van der Waals surface area contributed by atoms with Crippen molar-refractivity contribution in [3.8, 4) is 5.75 Å². The van der Waals surface area contributed by atoms with Crippen molar-refractivity contribution in [2.24, 2.45) is 0 Å². The van der Waals surface area contributed by atoms with Crippen molar-refractivity contribution in [1.82, 2.24) is 4.31 Å². The van der Waals surface area contributed by atoms with Gasteiger partial charge in [-0.15, -0.1) is 0 Å². The van der Waals surface area contributed by atoms with E-state index in [-0.39, 0.29) is 18.5 Å². The van der Waals surface area contributed by atoms with Gasteiger partial charge in [0.25, 0.3) is 0 Å². The zero-order valence-electron chi connectivity index (χ0n) is 14.6. The van der Waals surface area contributed by atoms with Crippen molar-refractivity contribution in [3.05, 3.63) is 59.2 Å². The highest BCUT2D eigenvalue weighted by Gasteiger charge is 2.46. The molecular formula is C18H17F2NO5S. The molecule has 27 heavy (non-hydrogen) atoms. The second kappa shape index (κ2) is 7.24. The third kappa shape index (κ3) is 3.40. The summed E-state index contributed by atoms with van der Waals surface area (Å²) >= 11 is 0. The van der Waals surface area contributed by atoms with Gasteiger partial charge >= 0.3 is 5.97 Å². The third-order valence-corrected chi connectivity index (χ3v) is 6.36. The molecule has 0 amide bonds. The van der Waals surface area contributed by atoms with E-state index in [2.05, 4.69) is 4.74 Å². The molecule has 0 aliphatic carbocycles. The lowest BCUT2D eigenvalue weighted by Gasteiger charge is -2.23. The van der Waals surface area contributed by atoms with Gasteiger partial charge < -0.3 is 9.47 Å². The van der Waals surface area contributed by atoms with Gasteiger partial charge in [0.2, 0.25) is 10.0 Å². The summed E-state index contributed by atoms with van der Waals surface area (Å²) in [6.07, 6.45) is -0.374. The molecule has 1 aliphatic rings. The van der Waals surface area contributed by atoms with E-state index in [0.29, 0.717) is 17.4 Å². The maximum Gasteiger partial charge on any atom is 0.307 e. The summed E-state index contributed by atoms with van der Waals surface area (Å²) in [4.78, 5) is 11.2. The number of fused-ring (bicyclic) bond motifs is 1. The van der Waals surface area contributed by atoms with E-state index in [9.17, 15) is 22.0 Å². The number of esters is 1. The minimum absolute atomic E-state index is 0.104. The summed E-state index contributed by atoms with van der Waals surface area (Å²) in [7, 11) is -1.70. The fourth-order valence-corrected chi connectivity index (χ4v) is 5.05. The monoisotopic (exact) mass is 397 g/mol. The molecule has 0 unspecified atom stereocenters. The summed E-state index contributed by atoms with van der Waals surface area (Å²) in [6, 6.07) is 7.08. The van der Waals surface area contributed by atoms with E-state index in [4.69, 9.17) is 4.74 Å². The van der Waals surface area contributed by atoms with Crippen molar-refractivity contribution in [1.29, 1.82) is 0 Å². The Labute approximate surface area is 155 Å². The van der Waals surface area contributed by atoms with Gasteiger partial charge in [0.1, 0.15) is 22.3 Å². The minimum atomic E-state index is -4.29. The van der Waals surface area contributed by atoms with Gasteiger partial charge in [-0.05, 0) is 17.7 Å². The Morgan fingerprint density at radius 1 is 1.19 bits per heavy atom. The Morgan fingerprint density at radius 3 is 2.56 bits per heavy atom. The average molecular weight is 397 g/mol. The van der Waals surface area contributed by atoms with Gasteiger partial charge in [-0.2, -0.15) is 4.31 Å². The Hall–Kier alpha value is -2.52. The van der Waals surface area contributed by atoms with Crippen molar-refractivity contribution >= 4 is 16.0 Å². The number of carbonyl (C=O) groups excluding carboxylic acids is 1. The van der Waals surface area contributed by atoms with Crippen molar-refractivity contribution in [3.63, 3.8) is 0 Å². The number of halogens is 2. The van der Waals surface area contributed by atoms with Gasteiger partial charge in [-0.3, -0.25) is 4.79 Å². The zero-order chi connectivity index (χ0) is 19.8. The standard InChI is InChI=1S/C18H17F2NO5S/c1-25-16-6-4-3-5-11(16)10-21-15(9-17(22)26-2)13-7-12(19)8-14(20)18(13)27(21,23)24/h3-8,15H,9-10H2,1-2H3/t15-/m0/s1. The molecule has 3 rings (SSSR count). The summed E-state index contributed by atoms with van der Waals surface area (Å²) in [5.41, 5.74) is 0.417. The number of sulfonamides is 1. The first kappa shape index (κ1) is 19.2. The Bertz CT molecular complexity index is 993. The van der Waals surface area contributed by atoms with Crippen LogP contribution >= 0.6 is 0 Å². The second-order valence-corrected chi connectivity index (χ2v) is 7.79. The van der Waals surface area contributed by atoms with E-state index in [1.165, 1.54) is 7.11 Å². The number of rotatable bonds is 5. The molecule has 2 aromatic rings. The molecule has 0 aromatic heterocycles. The number of para-hydroxylation sites is 1. The molecule has 6 nitrogen and oxygen atoms in total. The third-order valence-electron chi connectivity index (χ3n) is 4.42. The highest BCUT2D eigenvalue weighted by atomic mass is 32.2. The molecule has 9 heteroatoms. The van der Waals surface area contributed by atoms with Crippen LogP contribution in [-0.4, -0.2) is 32.9 Å². The number of methoxy groups -OCH3 is 2. The highest BCUT2D eigenvalue weighted by Crippen LogP contribution is 2.44. The molecule has 1 heterocycles. The summed E-state index contributed by atoms with van der Waals surface area (Å²) < 4.78 is 64.8. The smallest absolute Gasteiger partial charge is 0.307 e. The van der Waals surface area contributed by atoms with Crippen LogP contribution in [0.5, 0.6) is 5.75 Å². The van der Waals surface area contributed by atoms with E-state index >= 15 is 0 Å². The number of carbonyl (C=O) groups is 1. The molecule has 1 atom stereocenters. The quantitative estimate of drug-likeness (QED) is 0.726. The first-order valence-electron chi connectivity index (χ1n) is 7.99. The van der Waals surface area contributed by atoms with Crippen LogP contribution in [0, 0.1) is 11.6 Å². The molecule has 0 saturated heterocycles. The molecule has 2 aromatic carbocycles. The molecule has 0 fully saturated rings. The molecular weight excluding hydrogens is 380 g/mol. The van der Waals surface area contributed by atoms with Crippen LogP contribution in [0.4, 0.5) is 8.78 Å². The lowest BCUT2D eigenvalue weighted by molar-refractivity contribution is -0.141. The largest absolute Gasteiger partial charge is 0.496 e. The molecule has 0 saturated carbocycles. The number of benzene rings is 2. The van der Waals surface area contributed by atoms with Gasteiger partial charge in [0.15, 0.2) is 0 Å². The topological polar surface area (TPSA) is 72.9 Å². The maximum absolute atomic E-state index is 14.3. The SMILES string of the molecule is COC(=O)C[C@H]1c2cc(F)cc(F)c2S(=O)(=O)N1Cc1ccccc1OC. The predicted octanol–water partition coefficient (Wildman–Crippen LogP) is 2.78. The first-order valence-corrected chi connectivity index (χ1v) is 9.43. The van der Waals surface area contributed by atoms with Gasteiger partial charge in [-0.25, -0.2) is 17.2 Å². The fourth-order valence-electron chi connectivity index (χ4n) is 3.19. The van der Waals surface area contributed by atoms with Crippen LogP contribution in [0.2, 0.25) is 0 Å². The lowest BCUT2D eigenvalue weighted by atomic mass is 10.0. The molecule has 0 radical (unpaired) electrons. The molecule has 1 aliphatic heterocycles. The summed E-state index contributed by atoms with van der Waals surface area (Å²) in [6.45, 7) is -0.177. The Balaban J connectivity index is 2.13. The molecule has 0 bridgehead atoms. The number of hydrogen-bond donors (Lipinski definition) is 0. The number of ether oxygens (including phenoxy) is 2. The van der Waals surface area contributed by atoms with Crippen LogP contribution in [0.25, 0.3) is 0 Å². The lowest BCUT2D eigenvalue weighted by Crippen LogP contribution is -2.30. The van der Waals surface area contributed by atoms with E-state index < -0.39 is 38.6 Å². The second-order valence-electron chi connectivity index (χ2n) is 5.96. The van der Waals surface area contributed by atoms with Gasteiger partial charge in [0.05, 0.1) is 26.7 Å². The van der Waals surface area contributed by atoms with E-state index in [1.807, 2.05) is 0 Å². The normalized spacial score (nSPS) is 18.1. The van der Waals surface area contributed by atoms with Crippen molar-refractivity contribution < 1.29 is 31.5 Å². The van der Waals surface area contributed by atoms with Crippen molar-refractivity contribution in [2.75, 3.05) is 14.2 Å². The van der Waals surface area contributed by atoms with Gasteiger partial charge in [0, 0.05) is 18.2 Å². The van der Waals surface area contributed by atoms with Crippen LogP contribution in [0.15, 0.2) is 41.3 Å². The van der Waals surface area contributed by atoms with Crippen LogP contribution in [-0.2, 0) is 26.1 Å². The number of nitrogens with zero attached hydrogens (tertiary/aromatic N) is 1. The van der Waals surface area contributed by atoms with E-state index in [0.717, 1.165) is 17.5 Å². The number of hydrogen-bond acceptors (Lipinski definition) is 5. The highest BCUT2D eigenvalue weighted by molar-refractivity contribution is 7.89. The van der Waals surface area contributed by atoms with Crippen LogP contribution in [0.1, 0.15) is 23.6 Å². The summed E-state index contributed by atoms with van der Waals surface area (Å²) in [5, 5.41) is 0. The minimum Gasteiger partial charge on any atom is -0.496 e. The molecule has 144 valence electrons. The van der Waals surface area contributed by atoms with E-state index in [1.54, 1.807) is 24.3 Å². The molecule has 0 N–H and O–H groups in total. The maximum atomic E-state index is 14.3. The van der Waals surface area contributed by atoms with Crippen molar-refractivity contribution in [2.45, 2.75) is 23.9 Å². The van der Waals surface area contributed by atoms with Crippen LogP contribution < -0.4 is 4.74 Å². The summed E-state index contributed by atoms with van der Waals surface area (Å²) in [5.74, 6) is -2.37. The molecule has 0 spiro atoms.